The molecule has 74 valence electrons. The van der Waals surface area contributed by atoms with Crippen LogP contribution in [0.1, 0.15) is 46.5 Å². The van der Waals surface area contributed by atoms with Crippen LogP contribution in [0.2, 0.25) is 0 Å². The molecule has 0 radical (unpaired) electrons. The highest BCUT2D eigenvalue weighted by Crippen LogP contribution is 2.12. The van der Waals surface area contributed by atoms with E-state index in [1.807, 2.05) is 0 Å². The molecule has 1 heteroatoms. The summed E-state index contributed by atoms with van der Waals surface area (Å²) in [5.41, 5.74) is 2.62. The van der Waals surface area contributed by atoms with E-state index < -0.39 is 0 Å². The topological polar surface area (TPSA) is 17.1 Å². The molecule has 0 heterocycles. The molecule has 0 amide bonds. The summed E-state index contributed by atoms with van der Waals surface area (Å²) < 4.78 is 0. The molecule has 0 saturated heterocycles. The van der Waals surface area contributed by atoms with Crippen molar-refractivity contribution in [1.29, 1.82) is 0 Å². The zero-order valence-electron chi connectivity index (χ0n) is 8.97. The number of carbonyl (C=O) groups is 1. The van der Waals surface area contributed by atoms with Gasteiger partial charge in [0.05, 0.1) is 0 Å². The number of hydrogen-bond acceptors (Lipinski definition) is 1. The molecule has 0 spiro atoms. The molecular formula is C12H20O. The molecule has 0 rings (SSSR count). The van der Waals surface area contributed by atoms with Crippen LogP contribution < -0.4 is 0 Å². The van der Waals surface area contributed by atoms with Crippen LogP contribution in [0.25, 0.3) is 0 Å². The van der Waals surface area contributed by atoms with Gasteiger partial charge in [-0.05, 0) is 39.2 Å². The highest BCUT2D eigenvalue weighted by Gasteiger charge is 1.94. The van der Waals surface area contributed by atoms with Crippen LogP contribution in [0.15, 0.2) is 23.3 Å². The van der Waals surface area contributed by atoms with E-state index in [0.29, 0.717) is 0 Å². The minimum absolute atomic E-state index is 0.896. The summed E-state index contributed by atoms with van der Waals surface area (Å²) in [7, 11) is 0. The molecule has 0 aromatic rings. The standard InChI is InChI=1S/C12H20O/c1-4-6-12(9-10-13)8-5-7-11(2)3/h7,9-10H,4-6,8H2,1-3H3/b12-9+. The van der Waals surface area contributed by atoms with Gasteiger partial charge in [-0.15, -0.1) is 0 Å². The molecule has 0 aliphatic carbocycles. The second-order valence-corrected chi connectivity index (χ2v) is 3.53. The summed E-state index contributed by atoms with van der Waals surface area (Å²) in [6.07, 6.45) is 9.08. The second-order valence-electron chi connectivity index (χ2n) is 3.53. The van der Waals surface area contributed by atoms with Gasteiger partial charge >= 0.3 is 0 Å². The Morgan fingerprint density at radius 1 is 1.23 bits per heavy atom. The van der Waals surface area contributed by atoms with Crippen molar-refractivity contribution < 1.29 is 4.79 Å². The maximum atomic E-state index is 10.3. The zero-order valence-corrected chi connectivity index (χ0v) is 8.97. The molecule has 0 unspecified atom stereocenters. The summed E-state index contributed by atoms with van der Waals surface area (Å²) in [5.74, 6) is 0. The summed E-state index contributed by atoms with van der Waals surface area (Å²) in [5, 5.41) is 0. The fourth-order valence-electron chi connectivity index (χ4n) is 1.26. The van der Waals surface area contributed by atoms with Crippen LogP contribution in [-0.2, 0) is 4.79 Å². The predicted octanol–water partition coefficient (Wildman–Crippen LogP) is 3.66. The third-order valence-corrected chi connectivity index (χ3v) is 1.89. The summed E-state index contributed by atoms with van der Waals surface area (Å²) in [6, 6.07) is 0. The molecule has 0 aromatic heterocycles. The minimum Gasteiger partial charge on any atom is -0.299 e. The van der Waals surface area contributed by atoms with Gasteiger partial charge < -0.3 is 0 Å². The Balaban J connectivity index is 3.90. The van der Waals surface area contributed by atoms with Crippen LogP contribution in [0.5, 0.6) is 0 Å². The number of allylic oxidation sites excluding steroid dienone is 4. The molecule has 0 aliphatic heterocycles. The van der Waals surface area contributed by atoms with Crippen LogP contribution in [-0.4, -0.2) is 6.29 Å². The van der Waals surface area contributed by atoms with E-state index in [0.717, 1.165) is 32.0 Å². The van der Waals surface area contributed by atoms with Crippen molar-refractivity contribution >= 4 is 6.29 Å². The Morgan fingerprint density at radius 3 is 2.38 bits per heavy atom. The highest BCUT2D eigenvalue weighted by atomic mass is 16.1. The van der Waals surface area contributed by atoms with Gasteiger partial charge in [0.25, 0.3) is 0 Å². The normalized spacial score (nSPS) is 11.2. The van der Waals surface area contributed by atoms with E-state index in [1.54, 1.807) is 6.08 Å². The van der Waals surface area contributed by atoms with Crippen molar-refractivity contribution in [2.45, 2.75) is 46.5 Å². The van der Waals surface area contributed by atoms with Crippen LogP contribution in [0, 0.1) is 0 Å². The SMILES string of the molecule is CCC/C(=C\C=O)CCC=C(C)C. The first kappa shape index (κ1) is 12.2. The molecule has 1 nitrogen and oxygen atoms in total. The third kappa shape index (κ3) is 7.51. The number of hydrogen-bond donors (Lipinski definition) is 0. The van der Waals surface area contributed by atoms with Gasteiger partial charge in [0.1, 0.15) is 6.29 Å². The Morgan fingerprint density at radius 2 is 1.92 bits per heavy atom. The molecular weight excluding hydrogens is 160 g/mol. The second kappa shape index (κ2) is 7.78. The van der Waals surface area contributed by atoms with Crippen molar-refractivity contribution in [3.8, 4) is 0 Å². The van der Waals surface area contributed by atoms with E-state index >= 15 is 0 Å². The van der Waals surface area contributed by atoms with Gasteiger partial charge in [-0.3, -0.25) is 4.79 Å². The van der Waals surface area contributed by atoms with Crippen molar-refractivity contribution in [1.82, 2.24) is 0 Å². The van der Waals surface area contributed by atoms with Crippen LogP contribution in [0.4, 0.5) is 0 Å². The van der Waals surface area contributed by atoms with Crippen molar-refractivity contribution in [3.05, 3.63) is 23.3 Å². The van der Waals surface area contributed by atoms with E-state index in [1.165, 1.54) is 11.1 Å². The average molecular weight is 180 g/mol. The minimum atomic E-state index is 0.896. The van der Waals surface area contributed by atoms with Gasteiger partial charge in [0.15, 0.2) is 0 Å². The Labute approximate surface area is 81.5 Å². The lowest BCUT2D eigenvalue weighted by Gasteiger charge is -2.02. The van der Waals surface area contributed by atoms with Crippen molar-refractivity contribution in [2.24, 2.45) is 0 Å². The lowest BCUT2D eigenvalue weighted by Crippen LogP contribution is -1.84. The highest BCUT2D eigenvalue weighted by molar-refractivity contribution is 5.66. The maximum absolute atomic E-state index is 10.3. The van der Waals surface area contributed by atoms with E-state index in [-0.39, 0.29) is 0 Å². The van der Waals surface area contributed by atoms with Crippen LogP contribution >= 0.6 is 0 Å². The van der Waals surface area contributed by atoms with Gasteiger partial charge in [-0.2, -0.15) is 0 Å². The summed E-state index contributed by atoms with van der Waals surface area (Å²) >= 11 is 0. The lowest BCUT2D eigenvalue weighted by molar-refractivity contribution is -0.104. The van der Waals surface area contributed by atoms with Gasteiger partial charge in [-0.1, -0.05) is 30.6 Å². The largest absolute Gasteiger partial charge is 0.299 e. The zero-order chi connectivity index (χ0) is 10.1. The fourth-order valence-corrected chi connectivity index (χ4v) is 1.26. The molecule has 13 heavy (non-hydrogen) atoms. The van der Waals surface area contributed by atoms with E-state index in [9.17, 15) is 4.79 Å². The monoisotopic (exact) mass is 180 g/mol. The molecule has 0 aliphatic rings. The van der Waals surface area contributed by atoms with E-state index in [2.05, 4.69) is 26.8 Å². The lowest BCUT2D eigenvalue weighted by atomic mass is 10.0. The molecule has 0 aromatic carbocycles. The maximum Gasteiger partial charge on any atom is 0.142 e. The van der Waals surface area contributed by atoms with Crippen molar-refractivity contribution in [2.75, 3.05) is 0 Å². The number of carbonyl (C=O) groups excluding carboxylic acids is 1. The average Bonchev–Trinajstić information content (AvgIpc) is 2.04. The van der Waals surface area contributed by atoms with E-state index in [4.69, 9.17) is 0 Å². The Hall–Kier alpha value is -0.850. The molecule has 0 atom stereocenters. The van der Waals surface area contributed by atoms with Gasteiger partial charge in [0.2, 0.25) is 0 Å². The Bertz CT molecular complexity index is 195. The number of rotatable bonds is 6. The first-order valence-corrected chi connectivity index (χ1v) is 4.97. The number of aldehydes is 1. The predicted molar refractivity (Wildman–Crippen MR) is 57.7 cm³/mol. The first-order chi connectivity index (χ1) is 6.20. The fraction of sp³-hybridized carbons (Fsp3) is 0.583. The summed E-state index contributed by atoms with van der Waals surface area (Å²) in [6.45, 7) is 6.34. The van der Waals surface area contributed by atoms with Gasteiger partial charge in [-0.25, -0.2) is 0 Å². The van der Waals surface area contributed by atoms with Gasteiger partial charge in [0, 0.05) is 0 Å². The van der Waals surface area contributed by atoms with Crippen LogP contribution in [0.3, 0.4) is 0 Å². The van der Waals surface area contributed by atoms with Crippen molar-refractivity contribution in [3.63, 3.8) is 0 Å². The third-order valence-electron chi connectivity index (χ3n) is 1.89. The molecule has 0 N–H and O–H groups in total. The molecule has 0 saturated carbocycles. The smallest absolute Gasteiger partial charge is 0.142 e. The quantitative estimate of drug-likeness (QED) is 0.346. The molecule has 0 fully saturated rings. The Kier molecular flexibility index (Phi) is 7.27. The first-order valence-electron chi connectivity index (χ1n) is 4.97. The summed E-state index contributed by atoms with van der Waals surface area (Å²) in [4.78, 5) is 10.3. The molecule has 0 bridgehead atoms.